The molecule has 3 aromatic carbocycles. The van der Waals surface area contributed by atoms with Gasteiger partial charge in [-0.15, -0.1) is 0 Å². The Morgan fingerprint density at radius 3 is 2.24 bits per heavy atom. The van der Waals surface area contributed by atoms with Crippen LogP contribution in [0.5, 0.6) is 0 Å². The van der Waals surface area contributed by atoms with Crippen LogP contribution >= 0.6 is 0 Å². The van der Waals surface area contributed by atoms with Gasteiger partial charge in [0.1, 0.15) is 11.3 Å². The highest BCUT2D eigenvalue weighted by molar-refractivity contribution is 6.08. The molecule has 1 aliphatic heterocycles. The molecule has 5 rings (SSSR count). The molecule has 0 bridgehead atoms. The van der Waals surface area contributed by atoms with E-state index in [1.165, 1.54) is 0 Å². The summed E-state index contributed by atoms with van der Waals surface area (Å²) in [6.45, 7) is 11.9. The zero-order chi connectivity index (χ0) is 30.2. The summed E-state index contributed by atoms with van der Waals surface area (Å²) in [6, 6.07) is 24.2. The molecule has 1 heterocycles. The van der Waals surface area contributed by atoms with Crippen molar-refractivity contribution < 1.29 is 23.8 Å². The van der Waals surface area contributed by atoms with Crippen LogP contribution in [0.4, 0.5) is 5.69 Å². The molecule has 7 nitrogen and oxygen atoms in total. The molecule has 3 aromatic rings. The molecule has 42 heavy (non-hydrogen) atoms. The molecule has 0 fully saturated rings. The summed E-state index contributed by atoms with van der Waals surface area (Å²) >= 11 is 0. The highest BCUT2D eigenvalue weighted by Crippen LogP contribution is 2.43. The normalized spacial score (nSPS) is 11.2. The molecule has 7 heteroatoms. The van der Waals surface area contributed by atoms with Crippen LogP contribution in [-0.4, -0.2) is 36.7 Å². The van der Waals surface area contributed by atoms with E-state index in [0.717, 1.165) is 62.1 Å². The van der Waals surface area contributed by atoms with Crippen molar-refractivity contribution in [1.29, 1.82) is 0 Å². The third kappa shape index (κ3) is 6.52. The van der Waals surface area contributed by atoms with E-state index in [1.807, 2.05) is 50.2 Å². The van der Waals surface area contributed by atoms with Gasteiger partial charge in [-0.05, 0) is 81.6 Å². The van der Waals surface area contributed by atoms with Gasteiger partial charge in [0.15, 0.2) is 0 Å². The van der Waals surface area contributed by atoms with Crippen LogP contribution in [0.25, 0.3) is 33.4 Å². The molecule has 0 amide bonds. The van der Waals surface area contributed by atoms with Crippen molar-refractivity contribution >= 4 is 28.6 Å². The highest BCUT2D eigenvalue weighted by atomic mass is 16.5. The molecule has 0 unspecified atom stereocenters. The standard InChI is InChI=1S/C28H30N2O3.C7H6O2/c1-6-29-23-15-25-21(13-17(23)4)27(19-11-9-10-12-20(19)28(31)32-8-3)22-14-18(5)24(30-7-2)16-26(22)33-25;8-7(9)6-4-2-1-3-5-6/h9-16,29H,6-8H2,1-5H3;1-5H,(H,8,9). The summed E-state index contributed by atoms with van der Waals surface area (Å²) in [4.78, 5) is 27.7. The molecule has 0 spiro atoms. The van der Waals surface area contributed by atoms with E-state index < -0.39 is 5.97 Å². The van der Waals surface area contributed by atoms with E-state index in [4.69, 9.17) is 14.3 Å². The van der Waals surface area contributed by atoms with E-state index in [2.05, 4.69) is 43.2 Å². The van der Waals surface area contributed by atoms with Crippen LogP contribution in [-0.2, 0) is 4.74 Å². The summed E-state index contributed by atoms with van der Waals surface area (Å²) in [5.41, 5.74) is 7.58. The van der Waals surface area contributed by atoms with E-state index in [0.29, 0.717) is 24.3 Å². The second-order valence-electron chi connectivity index (χ2n) is 9.72. The number of rotatable bonds is 7. The lowest BCUT2D eigenvalue weighted by molar-refractivity contribution is 0.0526. The van der Waals surface area contributed by atoms with E-state index in [9.17, 15) is 9.59 Å². The Hall–Kier alpha value is -4.91. The van der Waals surface area contributed by atoms with Gasteiger partial charge in [0, 0.05) is 47.4 Å². The van der Waals surface area contributed by atoms with Crippen molar-refractivity contribution in [1.82, 2.24) is 0 Å². The van der Waals surface area contributed by atoms with Crippen molar-refractivity contribution in [3.05, 3.63) is 106 Å². The fourth-order valence-corrected chi connectivity index (χ4v) is 4.87. The van der Waals surface area contributed by atoms with Crippen molar-refractivity contribution in [2.75, 3.05) is 25.0 Å². The molecular weight excluding hydrogens is 528 g/mol. The third-order valence-corrected chi connectivity index (χ3v) is 6.79. The van der Waals surface area contributed by atoms with Gasteiger partial charge < -0.3 is 19.6 Å². The van der Waals surface area contributed by atoms with Gasteiger partial charge in [0.25, 0.3) is 0 Å². The Bertz CT molecular complexity index is 1760. The van der Waals surface area contributed by atoms with Gasteiger partial charge in [-0.25, -0.2) is 9.59 Å². The van der Waals surface area contributed by atoms with Gasteiger partial charge in [-0.1, -0.05) is 36.4 Å². The number of esters is 1. The van der Waals surface area contributed by atoms with Gasteiger partial charge in [-0.2, -0.15) is 0 Å². The SMILES string of the molecule is CCN=c1cc2oc3cc(NCC)c(C)cc3c(-c3ccccc3C(=O)OCC)c-2cc1C.O=C(O)c1ccccc1. The smallest absolute Gasteiger partial charge is 0.338 e. The predicted octanol–water partition coefficient (Wildman–Crippen LogP) is 7.74. The monoisotopic (exact) mass is 564 g/mol. The zero-order valence-corrected chi connectivity index (χ0v) is 24.7. The van der Waals surface area contributed by atoms with Crippen LogP contribution in [0.1, 0.15) is 52.6 Å². The first kappa shape index (κ1) is 30.1. The summed E-state index contributed by atoms with van der Waals surface area (Å²) in [6.07, 6.45) is 0. The number of carbonyl (C=O) groups excluding carboxylic acids is 1. The van der Waals surface area contributed by atoms with Crippen molar-refractivity contribution in [3.8, 4) is 22.5 Å². The lowest BCUT2D eigenvalue weighted by atomic mass is 9.89. The lowest BCUT2D eigenvalue weighted by Crippen LogP contribution is -2.10. The predicted molar refractivity (Wildman–Crippen MR) is 167 cm³/mol. The number of nitrogens with zero attached hydrogens (tertiary/aromatic N) is 1. The van der Waals surface area contributed by atoms with Gasteiger partial charge >= 0.3 is 11.9 Å². The lowest BCUT2D eigenvalue weighted by Gasteiger charge is -2.19. The van der Waals surface area contributed by atoms with Crippen LogP contribution in [0.3, 0.4) is 0 Å². The van der Waals surface area contributed by atoms with Crippen LogP contribution in [0.15, 0.2) is 88.3 Å². The Morgan fingerprint density at radius 1 is 0.881 bits per heavy atom. The maximum atomic E-state index is 12.9. The van der Waals surface area contributed by atoms with Crippen molar-refractivity contribution in [2.24, 2.45) is 4.99 Å². The minimum Gasteiger partial charge on any atom is -0.478 e. The first-order valence-electron chi connectivity index (χ1n) is 14.1. The summed E-state index contributed by atoms with van der Waals surface area (Å²) in [7, 11) is 0. The molecule has 0 radical (unpaired) electrons. The second kappa shape index (κ2) is 13.6. The number of benzene rings is 4. The fourth-order valence-electron chi connectivity index (χ4n) is 4.87. The maximum absolute atomic E-state index is 12.9. The fraction of sp³-hybridized carbons (Fsp3) is 0.229. The average molecular weight is 565 g/mol. The minimum atomic E-state index is -0.879. The molecule has 0 aromatic heterocycles. The topological polar surface area (TPSA) is 101 Å². The molecule has 2 aliphatic rings. The number of ether oxygens (including phenoxy) is 1. The Morgan fingerprint density at radius 2 is 1.60 bits per heavy atom. The van der Waals surface area contributed by atoms with Crippen molar-refractivity contribution in [3.63, 3.8) is 0 Å². The molecule has 0 atom stereocenters. The van der Waals surface area contributed by atoms with Crippen LogP contribution in [0, 0.1) is 13.8 Å². The van der Waals surface area contributed by atoms with E-state index >= 15 is 0 Å². The summed E-state index contributed by atoms with van der Waals surface area (Å²) in [5.74, 6) is -0.471. The number of anilines is 1. The second-order valence-corrected chi connectivity index (χ2v) is 9.72. The number of aryl methyl sites for hydroxylation is 2. The summed E-state index contributed by atoms with van der Waals surface area (Å²) in [5, 5.41) is 13.7. The van der Waals surface area contributed by atoms with Gasteiger partial charge in [0.2, 0.25) is 0 Å². The molecule has 0 saturated heterocycles. The first-order valence-corrected chi connectivity index (χ1v) is 14.1. The number of carbonyl (C=O) groups is 2. The number of carboxylic acid groups (broad SMARTS) is 1. The quantitative estimate of drug-likeness (QED) is 0.155. The maximum Gasteiger partial charge on any atom is 0.338 e. The number of hydrogen-bond acceptors (Lipinski definition) is 6. The molecule has 216 valence electrons. The molecule has 2 N–H and O–H groups in total. The van der Waals surface area contributed by atoms with Gasteiger partial charge in [0.05, 0.1) is 23.1 Å². The number of nitrogens with one attached hydrogen (secondary N) is 1. The zero-order valence-electron chi connectivity index (χ0n) is 24.7. The first-order chi connectivity index (χ1) is 20.3. The summed E-state index contributed by atoms with van der Waals surface area (Å²) < 4.78 is 11.8. The highest BCUT2D eigenvalue weighted by Gasteiger charge is 2.23. The third-order valence-electron chi connectivity index (χ3n) is 6.79. The Labute approximate surface area is 245 Å². The minimum absolute atomic E-state index is 0.324. The van der Waals surface area contributed by atoms with E-state index in [1.54, 1.807) is 30.3 Å². The van der Waals surface area contributed by atoms with Gasteiger partial charge in [-0.3, -0.25) is 4.99 Å². The molecular formula is C35H36N2O5. The molecule has 0 saturated carbocycles. The van der Waals surface area contributed by atoms with Crippen LogP contribution in [0.2, 0.25) is 0 Å². The van der Waals surface area contributed by atoms with Crippen molar-refractivity contribution in [2.45, 2.75) is 34.6 Å². The van der Waals surface area contributed by atoms with Crippen LogP contribution < -0.4 is 10.7 Å². The number of carboxylic acids is 1. The van der Waals surface area contributed by atoms with E-state index in [-0.39, 0.29) is 5.97 Å². The number of aromatic carboxylic acids is 1. The number of hydrogen-bond donors (Lipinski definition) is 2. The Kier molecular flexibility index (Phi) is 9.76. The molecule has 1 aliphatic carbocycles. The average Bonchev–Trinajstić information content (AvgIpc) is 2.98. The largest absolute Gasteiger partial charge is 0.478 e. The number of fused-ring (bicyclic) bond motifs is 2. The Balaban J connectivity index is 0.000000385.